The van der Waals surface area contributed by atoms with Crippen LogP contribution in [0.3, 0.4) is 0 Å². The van der Waals surface area contributed by atoms with Crippen molar-refractivity contribution in [2.75, 3.05) is 24.5 Å². The monoisotopic (exact) mass is 210 g/mol. The second kappa shape index (κ2) is 5.75. The van der Waals surface area contributed by atoms with Crippen LogP contribution in [0.25, 0.3) is 0 Å². The molecule has 0 atom stereocenters. The molecule has 0 saturated carbocycles. The Balaban J connectivity index is 2.77. The lowest BCUT2D eigenvalue weighted by Gasteiger charge is -2.22. The minimum absolute atomic E-state index is 0.634. The van der Waals surface area contributed by atoms with Gasteiger partial charge in [0.25, 0.3) is 0 Å². The van der Waals surface area contributed by atoms with E-state index in [2.05, 4.69) is 35.2 Å². The van der Waals surface area contributed by atoms with Crippen LogP contribution in [0.4, 0.5) is 5.95 Å². The Morgan fingerprint density at radius 2 is 2.27 bits per heavy atom. The summed E-state index contributed by atoms with van der Waals surface area (Å²) in [6.45, 7) is 10.0. The van der Waals surface area contributed by atoms with Gasteiger partial charge in [-0.2, -0.15) is 0 Å². The van der Waals surface area contributed by atoms with E-state index in [0.717, 1.165) is 25.6 Å². The predicted molar refractivity (Wildman–Crippen MR) is 64.0 cm³/mol. The van der Waals surface area contributed by atoms with Crippen LogP contribution in [0.2, 0.25) is 0 Å². The third-order valence-corrected chi connectivity index (χ3v) is 2.32. The first-order valence-electron chi connectivity index (χ1n) is 5.65. The van der Waals surface area contributed by atoms with Crippen molar-refractivity contribution >= 4 is 5.95 Å². The first kappa shape index (κ1) is 12.0. The highest BCUT2D eigenvalue weighted by atomic mass is 15.3. The number of nitrogens with two attached hydrogens (primary N) is 1. The number of hydrogen-bond acceptors (Lipinski definition) is 3. The Labute approximate surface area is 92.1 Å². The fourth-order valence-corrected chi connectivity index (χ4v) is 1.68. The minimum atomic E-state index is 0.634. The molecule has 0 radical (unpaired) electrons. The maximum Gasteiger partial charge on any atom is 0.205 e. The molecule has 1 rings (SSSR count). The van der Waals surface area contributed by atoms with Crippen LogP contribution in [0.1, 0.15) is 20.8 Å². The summed E-state index contributed by atoms with van der Waals surface area (Å²) in [6, 6.07) is 0. The summed E-state index contributed by atoms with van der Waals surface area (Å²) in [5.74, 6) is 1.67. The van der Waals surface area contributed by atoms with Crippen molar-refractivity contribution < 1.29 is 0 Å². The highest BCUT2D eigenvalue weighted by Gasteiger charge is 2.10. The molecule has 0 amide bonds. The van der Waals surface area contributed by atoms with Crippen LogP contribution in [0, 0.1) is 5.92 Å². The molecule has 4 heteroatoms. The van der Waals surface area contributed by atoms with Crippen molar-refractivity contribution in [3.8, 4) is 0 Å². The Morgan fingerprint density at radius 3 is 2.80 bits per heavy atom. The van der Waals surface area contributed by atoms with Gasteiger partial charge in [0, 0.05) is 38.6 Å². The molecular formula is C11H22N4. The van der Waals surface area contributed by atoms with Crippen LogP contribution in [-0.2, 0) is 6.54 Å². The molecule has 15 heavy (non-hydrogen) atoms. The molecule has 0 aliphatic heterocycles. The van der Waals surface area contributed by atoms with Gasteiger partial charge >= 0.3 is 0 Å². The molecule has 0 aliphatic rings. The van der Waals surface area contributed by atoms with Crippen molar-refractivity contribution in [3.63, 3.8) is 0 Å². The van der Waals surface area contributed by atoms with Gasteiger partial charge in [0.05, 0.1) is 0 Å². The molecule has 0 aromatic carbocycles. The summed E-state index contributed by atoms with van der Waals surface area (Å²) in [5, 5.41) is 0. The molecule has 1 aromatic heterocycles. The zero-order chi connectivity index (χ0) is 11.3. The number of imidazole rings is 1. The van der Waals surface area contributed by atoms with Crippen LogP contribution in [0.5, 0.6) is 0 Å². The summed E-state index contributed by atoms with van der Waals surface area (Å²) in [7, 11) is 0. The van der Waals surface area contributed by atoms with E-state index in [0.29, 0.717) is 12.5 Å². The molecule has 0 bridgehead atoms. The largest absolute Gasteiger partial charge is 0.341 e. The molecule has 2 N–H and O–H groups in total. The topological polar surface area (TPSA) is 47.1 Å². The second-order valence-electron chi connectivity index (χ2n) is 4.14. The standard InChI is InChI=1S/C11H22N4/c1-4-14(7-5-12)11-13-6-8-15(11)9-10(2)3/h6,8,10H,4-5,7,9,12H2,1-3H3. The van der Waals surface area contributed by atoms with Crippen molar-refractivity contribution in [1.82, 2.24) is 9.55 Å². The predicted octanol–water partition coefficient (Wildman–Crippen LogP) is 1.32. The van der Waals surface area contributed by atoms with Gasteiger partial charge in [-0.25, -0.2) is 4.98 Å². The van der Waals surface area contributed by atoms with E-state index in [1.807, 2.05) is 12.4 Å². The Morgan fingerprint density at radius 1 is 1.53 bits per heavy atom. The van der Waals surface area contributed by atoms with E-state index >= 15 is 0 Å². The Kier molecular flexibility index (Phi) is 4.62. The van der Waals surface area contributed by atoms with Gasteiger partial charge in [-0.15, -0.1) is 0 Å². The lowest BCUT2D eigenvalue weighted by atomic mass is 10.2. The number of rotatable bonds is 6. The molecule has 0 unspecified atom stereocenters. The molecule has 0 fully saturated rings. The van der Waals surface area contributed by atoms with Crippen LogP contribution in [-0.4, -0.2) is 29.2 Å². The van der Waals surface area contributed by atoms with E-state index in [9.17, 15) is 0 Å². The molecule has 86 valence electrons. The number of anilines is 1. The van der Waals surface area contributed by atoms with Crippen LogP contribution in [0.15, 0.2) is 12.4 Å². The van der Waals surface area contributed by atoms with Gasteiger partial charge in [-0.1, -0.05) is 13.8 Å². The lowest BCUT2D eigenvalue weighted by molar-refractivity contribution is 0.518. The van der Waals surface area contributed by atoms with Crippen molar-refractivity contribution in [2.45, 2.75) is 27.3 Å². The zero-order valence-corrected chi connectivity index (χ0v) is 9.98. The highest BCUT2D eigenvalue weighted by molar-refractivity contribution is 5.30. The van der Waals surface area contributed by atoms with Crippen LogP contribution < -0.4 is 10.6 Å². The first-order chi connectivity index (χ1) is 7.19. The first-order valence-corrected chi connectivity index (χ1v) is 5.65. The van der Waals surface area contributed by atoms with E-state index < -0.39 is 0 Å². The summed E-state index contributed by atoms with van der Waals surface area (Å²) >= 11 is 0. The van der Waals surface area contributed by atoms with Gasteiger partial charge in [-0.3, -0.25) is 0 Å². The van der Waals surface area contributed by atoms with E-state index in [1.165, 1.54) is 0 Å². The van der Waals surface area contributed by atoms with E-state index in [1.54, 1.807) is 0 Å². The number of aromatic nitrogens is 2. The van der Waals surface area contributed by atoms with Crippen LogP contribution >= 0.6 is 0 Å². The fraction of sp³-hybridized carbons (Fsp3) is 0.727. The molecule has 0 aliphatic carbocycles. The number of hydrogen-bond donors (Lipinski definition) is 1. The second-order valence-corrected chi connectivity index (χ2v) is 4.14. The SMILES string of the molecule is CCN(CCN)c1nccn1CC(C)C. The third kappa shape index (κ3) is 3.23. The van der Waals surface area contributed by atoms with Gasteiger partial charge in [0.2, 0.25) is 5.95 Å². The average molecular weight is 210 g/mol. The average Bonchev–Trinajstić information content (AvgIpc) is 2.61. The smallest absolute Gasteiger partial charge is 0.205 e. The van der Waals surface area contributed by atoms with Gasteiger partial charge in [0.1, 0.15) is 0 Å². The van der Waals surface area contributed by atoms with E-state index in [-0.39, 0.29) is 0 Å². The maximum atomic E-state index is 5.58. The molecule has 1 aromatic rings. The molecule has 0 saturated heterocycles. The summed E-state index contributed by atoms with van der Waals surface area (Å²) in [4.78, 5) is 6.60. The van der Waals surface area contributed by atoms with Gasteiger partial charge in [0.15, 0.2) is 0 Å². The highest BCUT2D eigenvalue weighted by Crippen LogP contribution is 2.13. The number of nitrogens with zero attached hydrogens (tertiary/aromatic N) is 3. The molecule has 4 nitrogen and oxygen atoms in total. The molecule has 1 heterocycles. The van der Waals surface area contributed by atoms with Crippen molar-refractivity contribution in [3.05, 3.63) is 12.4 Å². The van der Waals surface area contributed by atoms with Crippen molar-refractivity contribution in [2.24, 2.45) is 11.7 Å². The minimum Gasteiger partial charge on any atom is -0.341 e. The summed E-state index contributed by atoms with van der Waals surface area (Å²) in [6.07, 6.45) is 3.89. The maximum absolute atomic E-state index is 5.58. The lowest BCUT2D eigenvalue weighted by Crippen LogP contribution is -2.31. The van der Waals surface area contributed by atoms with Gasteiger partial charge in [-0.05, 0) is 12.8 Å². The Hall–Kier alpha value is -1.03. The zero-order valence-electron chi connectivity index (χ0n) is 9.98. The Bertz CT molecular complexity index is 280. The molecular weight excluding hydrogens is 188 g/mol. The van der Waals surface area contributed by atoms with Crippen molar-refractivity contribution in [1.29, 1.82) is 0 Å². The normalized spacial score (nSPS) is 11.0. The number of likely N-dealkylation sites (N-methyl/N-ethyl adjacent to an activating group) is 1. The summed E-state index contributed by atoms with van der Waals surface area (Å²) in [5.41, 5.74) is 5.58. The fourth-order valence-electron chi connectivity index (χ4n) is 1.68. The van der Waals surface area contributed by atoms with Gasteiger partial charge < -0.3 is 15.2 Å². The third-order valence-electron chi connectivity index (χ3n) is 2.32. The quantitative estimate of drug-likeness (QED) is 0.770. The summed E-state index contributed by atoms with van der Waals surface area (Å²) < 4.78 is 2.20. The molecule has 0 spiro atoms. The van der Waals surface area contributed by atoms with E-state index in [4.69, 9.17) is 5.73 Å².